The Kier molecular flexibility index (Phi) is 3.58. The molecule has 1 heterocycles. The van der Waals surface area contributed by atoms with E-state index in [4.69, 9.17) is 5.73 Å². The summed E-state index contributed by atoms with van der Waals surface area (Å²) in [5.41, 5.74) is 8.07. The van der Waals surface area contributed by atoms with E-state index in [0.29, 0.717) is 11.4 Å². The zero-order valence-electron chi connectivity index (χ0n) is 10.3. The zero-order valence-corrected chi connectivity index (χ0v) is 11.2. The van der Waals surface area contributed by atoms with Crippen molar-refractivity contribution >= 4 is 17.6 Å². The first-order valence-corrected chi connectivity index (χ1v) is 6.64. The number of nitrogens with two attached hydrogens (primary N) is 1. The summed E-state index contributed by atoms with van der Waals surface area (Å²) in [4.78, 5) is 0.976. The lowest BCUT2D eigenvalue weighted by Gasteiger charge is -2.08. The van der Waals surface area contributed by atoms with Gasteiger partial charge < -0.3 is 5.73 Å². The number of thioether (sulfide) groups is 1. The third-order valence-electron chi connectivity index (χ3n) is 2.60. The summed E-state index contributed by atoms with van der Waals surface area (Å²) in [5.74, 6) is 1.42. The monoisotopic (exact) mass is 258 g/mol. The Hall–Kier alpha value is -1.93. The Balaban J connectivity index is 2.57. The lowest BCUT2D eigenvalue weighted by Crippen LogP contribution is -2.00. The lowest BCUT2D eigenvalue weighted by molar-refractivity contribution is 0.878. The van der Waals surface area contributed by atoms with Crippen LogP contribution < -0.4 is 5.73 Å². The van der Waals surface area contributed by atoms with Crippen molar-refractivity contribution < 1.29 is 0 Å². The number of rotatable bonds is 3. The van der Waals surface area contributed by atoms with Gasteiger partial charge in [-0.15, -0.1) is 11.8 Å². The molecule has 2 N–H and O–H groups in total. The lowest BCUT2D eigenvalue weighted by atomic mass is 10.2. The summed E-state index contributed by atoms with van der Waals surface area (Å²) >= 11 is 1.65. The number of nitrogen functional groups attached to an aromatic ring is 1. The smallest absolute Gasteiger partial charge is 0.148 e. The van der Waals surface area contributed by atoms with E-state index in [2.05, 4.69) is 18.1 Å². The first-order valence-electron chi connectivity index (χ1n) is 5.65. The number of aryl methyl sites for hydroxylation is 1. The highest BCUT2D eigenvalue weighted by Crippen LogP contribution is 2.27. The molecule has 0 aliphatic carbocycles. The Morgan fingerprint density at radius 2 is 2.28 bits per heavy atom. The second-order valence-electron chi connectivity index (χ2n) is 3.84. The summed E-state index contributed by atoms with van der Waals surface area (Å²) in [6.45, 7) is 3.96. The molecule has 0 saturated heterocycles. The number of aromatic nitrogens is 2. The van der Waals surface area contributed by atoms with E-state index in [-0.39, 0.29) is 0 Å². The van der Waals surface area contributed by atoms with Gasteiger partial charge in [0.2, 0.25) is 0 Å². The number of nitrogens with zero attached hydrogens (tertiary/aromatic N) is 3. The molecule has 0 unspecified atom stereocenters. The average molecular weight is 258 g/mol. The quantitative estimate of drug-likeness (QED) is 0.859. The van der Waals surface area contributed by atoms with Crippen LogP contribution in [0.2, 0.25) is 0 Å². The molecule has 0 fully saturated rings. The molecule has 2 aromatic rings. The maximum absolute atomic E-state index is 9.33. The highest BCUT2D eigenvalue weighted by atomic mass is 32.2. The van der Waals surface area contributed by atoms with Gasteiger partial charge in [-0.25, -0.2) is 4.68 Å². The van der Waals surface area contributed by atoms with Gasteiger partial charge >= 0.3 is 0 Å². The largest absolute Gasteiger partial charge is 0.382 e. The van der Waals surface area contributed by atoms with Gasteiger partial charge in [-0.05, 0) is 24.8 Å². The number of hydrogen-bond donors (Lipinski definition) is 1. The van der Waals surface area contributed by atoms with Crippen LogP contribution in [0.1, 0.15) is 18.1 Å². The van der Waals surface area contributed by atoms with E-state index in [0.717, 1.165) is 21.9 Å². The fourth-order valence-electron chi connectivity index (χ4n) is 1.70. The molecular weight excluding hydrogens is 244 g/mol. The molecule has 0 saturated carbocycles. The maximum atomic E-state index is 9.33. The molecule has 1 aromatic heterocycles. The van der Waals surface area contributed by atoms with Crippen LogP contribution in [-0.2, 0) is 0 Å². The van der Waals surface area contributed by atoms with Crippen LogP contribution >= 0.6 is 11.8 Å². The molecule has 92 valence electrons. The van der Waals surface area contributed by atoms with Gasteiger partial charge in [0, 0.05) is 16.7 Å². The SMILES string of the molecule is CCSc1cccc(-n2cc(C)c(N)n2)c1C#N. The predicted molar refractivity (Wildman–Crippen MR) is 73.8 cm³/mol. The third-order valence-corrected chi connectivity index (χ3v) is 3.54. The van der Waals surface area contributed by atoms with Gasteiger partial charge in [-0.2, -0.15) is 10.4 Å². The molecule has 1 aromatic carbocycles. The van der Waals surface area contributed by atoms with Gasteiger partial charge in [0.1, 0.15) is 11.9 Å². The van der Waals surface area contributed by atoms with E-state index in [1.807, 2.05) is 31.3 Å². The summed E-state index contributed by atoms with van der Waals surface area (Å²) in [5, 5.41) is 13.6. The third kappa shape index (κ3) is 2.20. The Morgan fingerprint density at radius 3 is 2.83 bits per heavy atom. The molecule has 0 atom stereocenters. The molecule has 0 aliphatic rings. The van der Waals surface area contributed by atoms with E-state index in [1.54, 1.807) is 16.4 Å². The number of anilines is 1. The van der Waals surface area contributed by atoms with Gasteiger partial charge in [0.25, 0.3) is 0 Å². The topological polar surface area (TPSA) is 67.6 Å². The van der Waals surface area contributed by atoms with Crippen molar-refractivity contribution in [3.05, 3.63) is 35.5 Å². The van der Waals surface area contributed by atoms with Crippen LogP contribution in [0, 0.1) is 18.3 Å². The van der Waals surface area contributed by atoms with Crippen molar-refractivity contribution in [3.63, 3.8) is 0 Å². The second kappa shape index (κ2) is 5.15. The Morgan fingerprint density at radius 1 is 1.50 bits per heavy atom. The van der Waals surface area contributed by atoms with Crippen molar-refractivity contribution in [2.75, 3.05) is 11.5 Å². The molecule has 0 spiro atoms. The highest BCUT2D eigenvalue weighted by Gasteiger charge is 2.11. The second-order valence-corrected chi connectivity index (χ2v) is 5.14. The average Bonchev–Trinajstić information content (AvgIpc) is 2.69. The van der Waals surface area contributed by atoms with Crippen molar-refractivity contribution in [1.29, 1.82) is 5.26 Å². The first-order chi connectivity index (χ1) is 8.67. The van der Waals surface area contributed by atoms with Gasteiger partial charge in [-0.1, -0.05) is 13.0 Å². The van der Waals surface area contributed by atoms with Crippen molar-refractivity contribution in [1.82, 2.24) is 9.78 Å². The number of nitriles is 1. The molecule has 0 radical (unpaired) electrons. The van der Waals surface area contributed by atoms with Crippen molar-refractivity contribution in [2.24, 2.45) is 0 Å². The van der Waals surface area contributed by atoms with Gasteiger partial charge in [0.15, 0.2) is 0 Å². The molecule has 0 amide bonds. The van der Waals surface area contributed by atoms with Gasteiger partial charge in [-0.3, -0.25) is 0 Å². The zero-order chi connectivity index (χ0) is 13.1. The minimum atomic E-state index is 0.493. The fourth-order valence-corrected chi connectivity index (χ4v) is 2.48. The summed E-state index contributed by atoms with van der Waals surface area (Å²) in [6.07, 6.45) is 1.84. The van der Waals surface area contributed by atoms with E-state index in [9.17, 15) is 5.26 Å². The summed E-state index contributed by atoms with van der Waals surface area (Å²) in [7, 11) is 0. The summed E-state index contributed by atoms with van der Waals surface area (Å²) < 4.78 is 1.67. The number of hydrogen-bond acceptors (Lipinski definition) is 4. The number of benzene rings is 1. The van der Waals surface area contributed by atoms with E-state index >= 15 is 0 Å². The summed E-state index contributed by atoms with van der Waals surface area (Å²) in [6, 6.07) is 8.02. The Labute approximate surface area is 110 Å². The Bertz CT molecular complexity index is 590. The van der Waals surface area contributed by atoms with Crippen molar-refractivity contribution in [3.8, 4) is 11.8 Å². The van der Waals surface area contributed by atoms with Crippen LogP contribution in [0.5, 0.6) is 0 Å². The van der Waals surface area contributed by atoms with Crippen LogP contribution in [0.25, 0.3) is 5.69 Å². The molecule has 4 nitrogen and oxygen atoms in total. The molecule has 2 rings (SSSR count). The van der Waals surface area contributed by atoms with Gasteiger partial charge in [0.05, 0.1) is 11.3 Å². The van der Waals surface area contributed by atoms with E-state index < -0.39 is 0 Å². The molecular formula is C13H14N4S. The van der Waals surface area contributed by atoms with Crippen molar-refractivity contribution in [2.45, 2.75) is 18.7 Å². The molecule has 0 bridgehead atoms. The minimum Gasteiger partial charge on any atom is -0.382 e. The minimum absolute atomic E-state index is 0.493. The first kappa shape index (κ1) is 12.5. The normalized spacial score (nSPS) is 10.3. The van der Waals surface area contributed by atoms with E-state index in [1.165, 1.54) is 0 Å². The highest BCUT2D eigenvalue weighted by molar-refractivity contribution is 7.99. The van der Waals surface area contributed by atoms with Crippen LogP contribution in [0.3, 0.4) is 0 Å². The standard InChI is InChI=1S/C13H14N4S/c1-3-18-12-6-4-5-11(10(12)7-14)17-8-9(2)13(15)16-17/h4-6,8H,3H2,1-2H3,(H2,15,16). The fraction of sp³-hybridized carbons (Fsp3) is 0.231. The molecule has 18 heavy (non-hydrogen) atoms. The van der Waals surface area contributed by atoms with Crippen LogP contribution in [0.15, 0.2) is 29.3 Å². The predicted octanol–water partition coefficient (Wildman–Crippen LogP) is 2.75. The molecule has 5 heteroatoms. The van der Waals surface area contributed by atoms with Crippen LogP contribution in [-0.4, -0.2) is 15.5 Å². The maximum Gasteiger partial charge on any atom is 0.148 e. The molecule has 0 aliphatic heterocycles. The van der Waals surface area contributed by atoms with Crippen LogP contribution in [0.4, 0.5) is 5.82 Å².